The largest absolute Gasteiger partial charge is 0.481 e. The average Bonchev–Trinajstić information content (AvgIpc) is 2.62. The van der Waals surface area contributed by atoms with Gasteiger partial charge < -0.3 is 15.4 Å². The van der Waals surface area contributed by atoms with Gasteiger partial charge in [-0.2, -0.15) is 0 Å². The Labute approximate surface area is 110 Å². The third-order valence-corrected chi connectivity index (χ3v) is 3.43. The van der Waals surface area contributed by atoms with E-state index in [9.17, 15) is 4.79 Å². The van der Waals surface area contributed by atoms with Gasteiger partial charge in [0.05, 0.1) is 11.9 Å². The maximum Gasteiger partial charge on any atom is 0.307 e. The molecular formula is C13H15ClN2O2. The maximum absolute atomic E-state index is 10.9. The Kier molecular flexibility index (Phi) is 3.59. The number of carboxylic acid groups (broad SMARTS) is 1. The highest BCUT2D eigenvalue weighted by Gasteiger charge is 2.14. The second-order valence-electron chi connectivity index (χ2n) is 4.28. The summed E-state index contributed by atoms with van der Waals surface area (Å²) in [4.78, 5) is 10.9. The molecule has 0 amide bonds. The van der Waals surface area contributed by atoms with E-state index in [4.69, 9.17) is 22.4 Å². The van der Waals surface area contributed by atoms with Gasteiger partial charge in [-0.15, -0.1) is 0 Å². The Bertz CT molecular complexity index is 605. The third-order valence-electron chi connectivity index (χ3n) is 3.02. The molecule has 2 aromatic rings. The SMILES string of the molecule is Cc1c(Cl)ccc2c(CC(=O)O)cn(CCN)c12. The van der Waals surface area contributed by atoms with Crippen LogP contribution in [0.2, 0.25) is 5.02 Å². The fraction of sp³-hybridized carbons (Fsp3) is 0.308. The van der Waals surface area contributed by atoms with Crippen LogP contribution in [0.15, 0.2) is 18.3 Å². The molecule has 0 saturated carbocycles. The first-order valence-electron chi connectivity index (χ1n) is 5.73. The van der Waals surface area contributed by atoms with Crippen LogP contribution in [0.25, 0.3) is 10.9 Å². The summed E-state index contributed by atoms with van der Waals surface area (Å²) < 4.78 is 1.98. The van der Waals surface area contributed by atoms with Gasteiger partial charge in [0.25, 0.3) is 0 Å². The van der Waals surface area contributed by atoms with Gasteiger partial charge in [-0.05, 0) is 24.1 Å². The van der Waals surface area contributed by atoms with Crippen LogP contribution in [0.1, 0.15) is 11.1 Å². The van der Waals surface area contributed by atoms with Crippen LogP contribution in [0.4, 0.5) is 0 Å². The zero-order chi connectivity index (χ0) is 13.3. The molecule has 0 bridgehead atoms. The van der Waals surface area contributed by atoms with Crippen LogP contribution in [0.5, 0.6) is 0 Å². The van der Waals surface area contributed by atoms with Crippen molar-refractivity contribution in [3.63, 3.8) is 0 Å². The lowest BCUT2D eigenvalue weighted by Crippen LogP contribution is -2.09. The summed E-state index contributed by atoms with van der Waals surface area (Å²) in [5, 5.41) is 10.5. The molecule has 1 aromatic carbocycles. The number of hydrogen-bond acceptors (Lipinski definition) is 2. The minimum absolute atomic E-state index is 0.00907. The van der Waals surface area contributed by atoms with E-state index in [0.717, 1.165) is 22.0 Å². The van der Waals surface area contributed by atoms with Crippen LogP contribution in [0, 0.1) is 6.92 Å². The van der Waals surface area contributed by atoms with E-state index < -0.39 is 5.97 Å². The van der Waals surface area contributed by atoms with Crippen LogP contribution in [-0.2, 0) is 17.8 Å². The molecule has 3 N–H and O–H groups in total. The van der Waals surface area contributed by atoms with E-state index >= 15 is 0 Å². The summed E-state index contributed by atoms with van der Waals surface area (Å²) in [6.07, 6.45) is 1.87. The Morgan fingerprint density at radius 2 is 2.22 bits per heavy atom. The predicted octanol–water partition coefficient (Wildman–Crippen LogP) is 2.19. The molecule has 0 unspecified atom stereocenters. The van der Waals surface area contributed by atoms with Gasteiger partial charge >= 0.3 is 5.97 Å². The number of halogens is 1. The molecule has 4 nitrogen and oxygen atoms in total. The highest BCUT2D eigenvalue weighted by atomic mass is 35.5. The molecule has 0 spiro atoms. The van der Waals surface area contributed by atoms with Gasteiger partial charge in [0, 0.05) is 29.7 Å². The Morgan fingerprint density at radius 1 is 1.50 bits per heavy atom. The molecule has 2 rings (SSSR count). The van der Waals surface area contributed by atoms with Crippen LogP contribution < -0.4 is 5.73 Å². The van der Waals surface area contributed by atoms with E-state index in [0.29, 0.717) is 18.1 Å². The van der Waals surface area contributed by atoms with Crippen molar-refractivity contribution < 1.29 is 9.90 Å². The standard InChI is InChI=1S/C13H15ClN2O2/c1-8-11(14)3-2-10-9(6-12(17)18)7-16(5-4-15)13(8)10/h2-3,7H,4-6,15H2,1H3,(H,17,18). The predicted molar refractivity (Wildman–Crippen MR) is 72.1 cm³/mol. The molecule has 5 heteroatoms. The van der Waals surface area contributed by atoms with E-state index in [1.54, 1.807) is 6.07 Å². The number of nitrogens with two attached hydrogens (primary N) is 1. The summed E-state index contributed by atoms with van der Waals surface area (Å²) in [6, 6.07) is 3.67. The molecule has 0 radical (unpaired) electrons. The van der Waals surface area contributed by atoms with Gasteiger partial charge in [0.15, 0.2) is 0 Å². The molecule has 0 fully saturated rings. The molecule has 0 aliphatic carbocycles. The minimum atomic E-state index is -0.839. The monoisotopic (exact) mass is 266 g/mol. The smallest absolute Gasteiger partial charge is 0.307 e. The van der Waals surface area contributed by atoms with Crippen molar-refractivity contribution in [2.75, 3.05) is 6.54 Å². The number of fused-ring (bicyclic) bond motifs is 1. The van der Waals surface area contributed by atoms with Crippen molar-refractivity contribution in [1.29, 1.82) is 0 Å². The number of aryl methyl sites for hydroxylation is 1. The molecule has 96 valence electrons. The van der Waals surface area contributed by atoms with E-state index in [-0.39, 0.29) is 6.42 Å². The second kappa shape index (κ2) is 5.00. The number of carboxylic acids is 1. The summed E-state index contributed by atoms with van der Waals surface area (Å²) in [5.41, 5.74) is 8.31. The van der Waals surface area contributed by atoms with Gasteiger partial charge in [0.1, 0.15) is 0 Å². The molecule has 0 aliphatic rings. The fourth-order valence-electron chi connectivity index (χ4n) is 2.25. The van der Waals surface area contributed by atoms with Crippen molar-refractivity contribution >= 4 is 28.5 Å². The first-order chi connectivity index (χ1) is 8.54. The molecular weight excluding hydrogens is 252 g/mol. The van der Waals surface area contributed by atoms with Crippen LogP contribution in [-0.4, -0.2) is 22.2 Å². The van der Waals surface area contributed by atoms with Crippen molar-refractivity contribution in [3.8, 4) is 0 Å². The van der Waals surface area contributed by atoms with Crippen molar-refractivity contribution in [3.05, 3.63) is 34.5 Å². The topological polar surface area (TPSA) is 68.2 Å². The summed E-state index contributed by atoms with van der Waals surface area (Å²) in [5.74, 6) is -0.839. The first kappa shape index (κ1) is 12.9. The van der Waals surface area contributed by atoms with Crippen molar-refractivity contribution in [1.82, 2.24) is 4.57 Å². The molecule has 0 aliphatic heterocycles. The number of hydrogen-bond donors (Lipinski definition) is 2. The van der Waals surface area contributed by atoms with Gasteiger partial charge in [0.2, 0.25) is 0 Å². The normalized spacial score (nSPS) is 11.1. The number of aliphatic carboxylic acids is 1. The number of carbonyl (C=O) groups is 1. The molecule has 1 heterocycles. The molecule has 0 atom stereocenters. The summed E-state index contributed by atoms with van der Waals surface area (Å²) >= 11 is 6.11. The minimum Gasteiger partial charge on any atom is -0.481 e. The van der Waals surface area contributed by atoms with Crippen molar-refractivity contribution in [2.24, 2.45) is 5.73 Å². The first-order valence-corrected chi connectivity index (χ1v) is 6.11. The van der Waals surface area contributed by atoms with Crippen LogP contribution >= 0.6 is 11.6 Å². The average molecular weight is 267 g/mol. The fourth-order valence-corrected chi connectivity index (χ4v) is 2.40. The summed E-state index contributed by atoms with van der Waals surface area (Å²) in [6.45, 7) is 3.09. The lowest BCUT2D eigenvalue weighted by Gasteiger charge is -2.06. The highest BCUT2D eigenvalue weighted by molar-refractivity contribution is 6.32. The molecule has 0 saturated heterocycles. The van der Waals surface area contributed by atoms with Gasteiger partial charge in [-0.1, -0.05) is 17.7 Å². The lowest BCUT2D eigenvalue weighted by molar-refractivity contribution is -0.136. The Hall–Kier alpha value is -1.52. The molecule has 1 aromatic heterocycles. The second-order valence-corrected chi connectivity index (χ2v) is 4.68. The van der Waals surface area contributed by atoms with Gasteiger partial charge in [-0.3, -0.25) is 4.79 Å². The Balaban J connectivity index is 2.67. The zero-order valence-electron chi connectivity index (χ0n) is 10.1. The van der Waals surface area contributed by atoms with E-state index in [2.05, 4.69) is 0 Å². The number of aromatic nitrogens is 1. The number of nitrogens with zero attached hydrogens (tertiary/aromatic N) is 1. The van der Waals surface area contributed by atoms with Crippen molar-refractivity contribution in [2.45, 2.75) is 19.9 Å². The maximum atomic E-state index is 10.9. The number of benzene rings is 1. The van der Waals surface area contributed by atoms with E-state index in [1.165, 1.54) is 0 Å². The van der Waals surface area contributed by atoms with Gasteiger partial charge in [-0.25, -0.2) is 0 Å². The Morgan fingerprint density at radius 3 is 2.83 bits per heavy atom. The number of rotatable bonds is 4. The zero-order valence-corrected chi connectivity index (χ0v) is 10.9. The van der Waals surface area contributed by atoms with Crippen LogP contribution in [0.3, 0.4) is 0 Å². The van der Waals surface area contributed by atoms with E-state index in [1.807, 2.05) is 23.8 Å². The third kappa shape index (κ3) is 2.21. The quantitative estimate of drug-likeness (QED) is 0.891. The lowest BCUT2D eigenvalue weighted by atomic mass is 10.1. The molecule has 18 heavy (non-hydrogen) atoms. The summed E-state index contributed by atoms with van der Waals surface area (Å²) in [7, 11) is 0. The highest BCUT2D eigenvalue weighted by Crippen LogP contribution is 2.29.